The molecule has 1 rings (SSSR count). The van der Waals surface area contributed by atoms with Gasteiger partial charge >= 0.3 is 0 Å². The van der Waals surface area contributed by atoms with Crippen LogP contribution in [0.15, 0.2) is 0 Å². The van der Waals surface area contributed by atoms with E-state index in [1.165, 1.54) is 11.9 Å². The summed E-state index contributed by atoms with van der Waals surface area (Å²) in [6, 6.07) is 0. The van der Waals surface area contributed by atoms with E-state index >= 15 is 0 Å². The number of hydrogen-bond acceptors (Lipinski definition) is 4. The number of aryl methyl sites for hydroxylation is 1. The molecule has 0 radical (unpaired) electrons. The van der Waals surface area contributed by atoms with Crippen LogP contribution in [0, 0.1) is 13.8 Å². The summed E-state index contributed by atoms with van der Waals surface area (Å²) < 4.78 is 24.7. The molecule has 7 heteroatoms. The van der Waals surface area contributed by atoms with Crippen LogP contribution in [0.1, 0.15) is 16.8 Å². The third-order valence-corrected chi connectivity index (χ3v) is 2.66. The molecule has 0 fully saturated rings. The summed E-state index contributed by atoms with van der Waals surface area (Å²) in [7, 11) is 1.51. The van der Waals surface area contributed by atoms with E-state index in [2.05, 4.69) is 10.2 Å². The Bertz CT molecular complexity index is 437. The smallest absolute Gasteiger partial charge is 0.255 e. The topological polar surface area (TPSA) is 55.0 Å². The molecule has 0 saturated heterocycles. The number of alkyl halides is 2. The van der Waals surface area contributed by atoms with Crippen LogP contribution in [0.25, 0.3) is 0 Å². The van der Waals surface area contributed by atoms with Crippen molar-refractivity contribution < 1.29 is 8.78 Å². The minimum atomic E-state index is -2.46. The third-order valence-electron chi connectivity index (χ3n) is 2.46. The summed E-state index contributed by atoms with van der Waals surface area (Å²) in [6.45, 7) is 3.12. The van der Waals surface area contributed by atoms with E-state index in [-0.39, 0.29) is 4.99 Å². The van der Waals surface area contributed by atoms with Gasteiger partial charge in [0, 0.05) is 7.05 Å². The number of aromatic nitrogens is 2. The van der Waals surface area contributed by atoms with Gasteiger partial charge in [-0.15, -0.1) is 5.10 Å². The van der Waals surface area contributed by atoms with Crippen molar-refractivity contribution in [1.29, 1.82) is 0 Å². The quantitative estimate of drug-likeness (QED) is 0.830. The maximum atomic E-state index is 12.3. The van der Waals surface area contributed by atoms with Gasteiger partial charge in [0.15, 0.2) is 5.82 Å². The highest BCUT2D eigenvalue weighted by atomic mass is 32.1. The molecule has 1 heterocycles. The predicted molar refractivity (Wildman–Crippen MR) is 66.7 cm³/mol. The van der Waals surface area contributed by atoms with Gasteiger partial charge in [-0.25, -0.2) is 8.78 Å². The number of nitrogens with two attached hydrogens (primary N) is 1. The molecule has 2 N–H and O–H groups in total. The second kappa shape index (κ2) is 5.31. The van der Waals surface area contributed by atoms with Crippen LogP contribution in [-0.4, -0.2) is 35.2 Å². The molecule has 4 nitrogen and oxygen atoms in total. The van der Waals surface area contributed by atoms with Crippen LogP contribution in [0.3, 0.4) is 0 Å². The van der Waals surface area contributed by atoms with Gasteiger partial charge in [-0.3, -0.25) is 0 Å². The van der Waals surface area contributed by atoms with E-state index in [0.717, 1.165) is 5.56 Å². The normalized spacial score (nSPS) is 10.7. The minimum absolute atomic E-state index is 0.136. The molecular weight excluding hydrogens is 246 g/mol. The lowest BCUT2D eigenvalue weighted by Gasteiger charge is -2.21. The number of thiocarbonyl (C=S) groups is 1. The zero-order chi connectivity index (χ0) is 13.2. The zero-order valence-electron chi connectivity index (χ0n) is 9.87. The van der Waals surface area contributed by atoms with E-state index in [4.69, 9.17) is 18.0 Å². The van der Waals surface area contributed by atoms with Crippen LogP contribution in [0.4, 0.5) is 14.6 Å². The molecule has 0 aromatic carbocycles. The Morgan fingerprint density at radius 1 is 1.41 bits per heavy atom. The van der Waals surface area contributed by atoms with Gasteiger partial charge in [-0.2, -0.15) is 5.10 Å². The molecule has 94 valence electrons. The fourth-order valence-electron chi connectivity index (χ4n) is 1.45. The van der Waals surface area contributed by atoms with Crippen molar-refractivity contribution in [2.24, 2.45) is 5.73 Å². The van der Waals surface area contributed by atoms with Crippen LogP contribution >= 0.6 is 12.2 Å². The van der Waals surface area contributed by atoms with Crippen molar-refractivity contribution in [2.75, 3.05) is 18.5 Å². The van der Waals surface area contributed by atoms with Gasteiger partial charge in [-0.05, 0) is 19.4 Å². The molecule has 0 amide bonds. The number of hydrogen-bond donors (Lipinski definition) is 1. The summed E-state index contributed by atoms with van der Waals surface area (Å²) in [4.78, 5) is 1.44. The van der Waals surface area contributed by atoms with Crippen LogP contribution < -0.4 is 10.6 Å². The van der Waals surface area contributed by atoms with E-state index in [1.807, 2.05) is 0 Å². The van der Waals surface area contributed by atoms with Crippen molar-refractivity contribution in [2.45, 2.75) is 20.3 Å². The second-order valence-corrected chi connectivity index (χ2v) is 4.18. The summed E-state index contributed by atoms with van der Waals surface area (Å²) in [5.74, 6) is 0.293. The fourth-order valence-corrected chi connectivity index (χ4v) is 1.70. The van der Waals surface area contributed by atoms with E-state index in [1.54, 1.807) is 13.8 Å². The van der Waals surface area contributed by atoms with Crippen LogP contribution in [0.2, 0.25) is 0 Å². The lowest BCUT2D eigenvalue weighted by molar-refractivity contribution is 0.156. The molecule has 0 bridgehead atoms. The van der Waals surface area contributed by atoms with Gasteiger partial charge in [-0.1, -0.05) is 12.2 Å². The van der Waals surface area contributed by atoms with E-state index in [9.17, 15) is 8.78 Å². The molecule has 17 heavy (non-hydrogen) atoms. The highest BCUT2D eigenvalue weighted by Crippen LogP contribution is 2.21. The van der Waals surface area contributed by atoms with Crippen LogP contribution in [0.5, 0.6) is 0 Å². The van der Waals surface area contributed by atoms with Gasteiger partial charge in [0.05, 0.1) is 17.8 Å². The Hall–Kier alpha value is -1.37. The molecule has 0 aliphatic carbocycles. The van der Waals surface area contributed by atoms with Crippen molar-refractivity contribution in [3.63, 3.8) is 0 Å². The molecular formula is C10H14F2N4S. The lowest BCUT2D eigenvalue weighted by atomic mass is 10.1. The standard InChI is InChI=1S/C10H14F2N4S/c1-5-6(2)14-15-10(8(5)9(13)17)16(3)4-7(11)12/h7H,4H2,1-3H3,(H2,13,17). The Morgan fingerprint density at radius 2 is 2.00 bits per heavy atom. The highest BCUT2D eigenvalue weighted by molar-refractivity contribution is 7.80. The summed E-state index contributed by atoms with van der Waals surface area (Å²) in [6.07, 6.45) is -2.46. The summed E-state index contributed by atoms with van der Waals surface area (Å²) >= 11 is 4.93. The van der Waals surface area contributed by atoms with Gasteiger partial charge in [0.2, 0.25) is 0 Å². The van der Waals surface area contributed by atoms with Crippen molar-refractivity contribution >= 4 is 23.0 Å². The Morgan fingerprint density at radius 3 is 2.47 bits per heavy atom. The first-order valence-electron chi connectivity index (χ1n) is 4.97. The minimum Gasteiger partial charge on any atom is -0.389 e. The molecule has 0 aliphatic rings. The Kier molecular flexibility index (Phi) is 4.28. The molecule has 0 spiro atoms. The van der Waals surface area contributed by atoms with Gasteiger partial charge in [0.1, 0.15) is 4.99 Å². The Labute approximate surface area is 104 Å². The molecule has 0 aliphatic heterocycles. The molecule has 0 atom stereocenters. The van der Waals surface area contributed by atoms with Crippen molar-refractivity contribution in [3.8, 4) is 0 Å². The molecule has 0 saturated carbocycles. The number of rotatable bonds is 4. The monoisotopic (exact) mass is 260 g/mol. The summed E-state index contributed by atoms with van der Waals surface area (Å²) in [5.41, 5.74) is 7.56. The van der Waals surface area contributed by atoms with Crippen LogP contribution in [-0.2, 0) is 0 Å². The molecule has 1 aromatic heterocycles. The first-order chi connectivity index (χ1) is 7.84. The molecule has 0 unspecified atom stereocenters. The summed E-state index contributed by atoms with van der Waals surface area (Å²) in [5, 5.41) is 7.79. The number of anilines is 1. The maximum absolute atomic E-state index is 12.3. The second-order valence-electron chi connectivity index (χ2n) is 3.74. The zero-order valence-corrected chi connectivity index (χ0v) is 10.7. The number of halogens is 2. The van der Waals surface area contributed by atoms with E-state index < -0.39 is 13.0 Å². The predicted octanol–water partition coefficient (Wildman–Crippen LogP) is 1.43. The number of nitrogens with zero attached hydrogens (tertiary/aromatic N) is 3. The highest BCUT2D eigenvalue weighted by Gasteiger charge is 2.18. The average Bonchev–Trinajstić information content (AvgIpc) is 2.19. The third kappa shape index (κ3) is 3.06. The van der Waals surface area contributed by atoms with Crippen molar-refractivity contribution in [3.05, 3.63) is 16.8 Å². The largest absolute Gasteiger partial charge is 0.389 e. The Balaban J connectivity index is 3.24. The van der Waals surface area contributed by atoms with Gasteiger partial charge < -0.3 is 10.6 Å². The first kappa shape index (κ1) is 13.7. The lowest BCUT2D eigenvalue weighted by Crippen LogP contribution is -2.29. The maximum Gasteiger partial charge on any atom is 0.255 e. The fraction of sp³-hybridized carbons (Fsp3) is 0.500. The first-order valence-corrected chi connectivity index (χ1v) is 5.38. The average molecular weight is 260 g/mol. The van der Waals surface area contributed by atoms with Crippen molar-refractivity contribution in [1.82, 2.24) is 10.2 Å². The van der Waals surface area contributed by atoms with E-state index in [0.29, 0.717) is 17.1 Å². The SMILES string of the molecule is Cc1nnc(N(C)CC(F)F)c(C(N)=S)c1C. The molecule has 1 aromatic rings. The van der Waals surface area contributed by atoms with Gasteiger partial charge in [0.25, 0.3) is 6.43 Å².